The van der Waals surface area contributed by atoms with Crippen molar-refractivity contribution in [1.82, 2.24) is 10.6 Å². The predicted molar refractivity (Wildman–Crippen MR) is 72.9 cm³/mol. The van der Waals surface area contributed by atoms with Crippen LogP contribution in [0.15, 0.2) is 36.9 Å². The van der Waals surface area contributed by atoms with Crippen molar-refractivity contribution in [3.05, 3.63) is 42.5 Å². The van der Waals surface area contributed by atoms with Crippen LogP contribution in [-0.4, -0.2) is 25.7 Å². The normalized spacial score (nSPS) is 9.61. The summed E-state index contributed by atoms with van der Waals surface area (Å²) in [5.74, 6) is 0.897. The van der Waals surface area contributed by atoms with Gasteiger partial charge in [-0.25, -0.2) is 4.79 Å². The molecule has 0 aliphatic carbocycles. The Morgan fingerprint density at radius 3 is 2.89 bits per heavy atom. The summed E-state index contributed by atoms with van der Waals surface area (Å²) < 4.78 is 5.61. The number of amides is 2. The molecule has 0 fully saturated rings. The van der Waals surface area contributed by atoms with Crippen molar-refractivity contribution in [2.75, 3.05) is 19.7 Å². The van der Waals surface area contributed by atoms with Gasteiger partial charge in [0.05, 0.1) is 6.61 Å². The lowest BCUT2D eigenvalue weighted by atomic mass is 10.2. The molecule has 1 rings (SSSR count). The van der Waals surface area contributed by atoms with Crippen molar-refractivity contribution in [2.45, 2.75) is 13.3 Å². The fourth-order valence-corrected chi connectivity index (χ4v) is 1.40. The van der Waals surface area contributed by atoms with Gasteiger partial charge in [0, 0.05) is 13.1 Å². The van der Waals surface area contributed by atoms with Gasteiger partial charge in [-0.15, -0.1) is 6.58 Å². The van der Waals surface area contributed by atoms with Crippen LogP contribution in [0.4, 0.5) is 4.79 Å². The molecular weight excluding hydrogens is 228 g/mol. The number of urea groups is 1. The summed E-state index contributed by atoms with van der Waals surface area (Å²) >= 11 is 0. The molecule has 1 aromatic carbocycles. The number of nitrogens with one attached hydrogen (secondary N) is 2. The highest BCUT2D eigenvalue weighted by molar-refractivity contribution is 5.73. The van der Waals surface area contributed by atoms with Crippen LogP contribution in [0, 0.1) is 6.92 Å². The Balaban J connectivity index is 2.10. The van der Waals surface area contributed by atoms with Gasteiger partial charge in [-0.2, -0.15) is 0 Å². The van der Waals surface area contributed by atoms with Crippen molar-refractivity contribution in [3.63, 3.8) is 0 Å². The summed E-state index contributed by atoms with van der Waals surface area (Å²) in [6, 6.07) is 7.71. The first-order valence-corrected chi connectivity index (χ1v) is 6.05. The zero-order valence-electron chi connectivity index (χ0n) is 10.7. The van der Waals surface area contributed by atoms with Gasteiger partial charge in [0.1, 0.15) is 5.75 Å². The van der Waals surface area contributed by atoms with E-state index in [0.717, 1.165) is 17.7 Å². The highest BCUT2D eigenvalue weighted by Gasteiger charge is 1.99. The molecule has 0 atom stereocenters. The molecule has 98 valence electrons. The average Bonchev–Trinajstić information content (AvgIpc) is 2.38. The van der Waals surface area contributed by atoms with E-state index in [1.165, 1.54) is 0 Å². The van der Waals surface area contributed by atoms with Crippen LogP contribution in [0.2, 0.25) is 0 Å². The Kier molecular flexibility index (Phi) is 6.40. The van der Waals surface area contributed by atoms with E-state index in [4.69, 9.17) is 4.74 Å². The molecule has 2 N–H and O–H groups in total. The van der Waals surface area contributed by atoms with Crippen molar-refractivity contribution in [1.29, 1.82) is 0 Å². The fourth-order valence-electron chi connectivity index (χ4n) is 1.40. The van der Waals surface area contributed by atoms with Gasteiger partial charge in [-0.1, -0.05) is 24.3 Å². The smallest absolute Gasteiger partial charge is 0.315 e. The van der Waals surface area contributed by atoms with Gasteiger partial charge >= 0.3 is 6.03 Å². The van der Waals surface area contributed by atoms with Crippen LogP contribution in [0.3, 0.4) is 0 Å². The van der Waals surface area contributed by atoms with E-state index in [9.17, 15) is 4.79 Å². The molecule has 0 spiro atoms. The maximum atomic E-state index is 11.2. The average molecular weight is 248 g/mol. The number of aryl methyl sites for hydroxylation is 1. The van der Waals surface area contributed by atoms with Gasteiger partial charge in [-0.05, 0) is 25.0 Å². The number of carbonyl (C=O) groups excluding carboxylic acids is 1. The molecule has 4 heteroatoms. The Morgan fingerprint density at radius 2 is 2.17 bits per heavy atom. The van der Waals surface area contributed by atoms with Crippen LogP contribution in [0.1, 0.15) is 12.0 Å². The van der Waals surface area contributed by atoms with Gasteiger partial charge in [0.15, 0.2) is 0 Å². The number of carbonyl (C=O) groups is 1. The largest absolute Gasteiger partial charge is 0.493 e. The number of rotatable bonds is 7. The first-order valence-electron chi connectivity index (χ1n) is 6.05. The van der Waals surface area contributed by atoms with E-state index in [-0.39, 0.29) is 6.03 Å². The second kappa shape index (κ2) is 8.17. The van der Waals surface area contributed by atoms with Gasteiger partial charge in [0.25, 0.3) is 0 Å². The van der Waals surface area contributed by atoms with E-state index in [1.807, 2.05) is 31.2 Å². The Bertz CT molecular complexity index is 391. The third-order valence-electron chi connectivity index (χ3n) is 2.36. The van der Waals surface area contributed by atoms with E-state index < -0.39 is 0 Å². The van der Waals surface area contributed by atoms with Crippen molar-refractivity contribution < 1.29 is 9.53 Å². The topological polar surface area (TPSA) is 50.4 Å². The van der Waals surface area contributed by atoms with E-state index in [0.29, 0.717) is 19.7 Å². The first kappa shape index (κ1) is 14.1. The number of para-hydroxylation sites is 1. The molecule has 2 amide bonds. The molecule has 0 aliphatic rings. The van der Waals surface area contributed by atoms with Crippen molar-refractivity contribution in [3.8, 4) is 5.75 Å². The van der Waals surface area contributed by atoms with Crippen LogP contribution >= 0.6 is 0 Å². The molecular formula is C14H20N2O2. The molecule has 0 saturated carbocycles. The van der Waals surface area contributed by atoms with E-state index >= 15 is 0 Å². The standard InChI is InChI=1S/C14H20N2O2/c1-3-9-15-14(17)16-10-6-11-18-13-8-5-4-7-12(13)2/h3-5,7-8H,1,6,9-11H2,2H3,(H2,15,16,17). The maximum absolute atomic E-state index is 11.2. The van der Waals surface area contributed by atoms with Crippen LogP contribution in [0.25, 0.3) is 0 Å². The number of hydrogen-bond acceptors (Lipinski definition) is 2. The SMILES string of the molecule is C=CCNC(=O)NCCCOc1ccccc1C. The van der Waals surface area contributed by atoms with Gasteiger partial charge in [0.2, 0.25) is 0 Å². The first-order chi connectivity index (χ1) is 8.74. The van der Waals surface area contributed by atoms with E-state index in [2.05, 4.69) is 17.2 Å². The molecule has 0 bridgehead atoms. The van der Waals surface area contributed by atoms with Crippen LogP contribution in [-0.2, 0) is 0 Å². The summed E-state index contributed by atoms with van der Waals surface area (Å²) in [4.78, 5) is 11.2. The number of ether oxygens (including phenoxy) is 1. The minimum Gasteiger partial charge on any atom is -0.493 e. The monoisotopic (exact) mass is 248 g/mol. The number of benzene rings is 1. The van der Waals surface area contributed by atoms with Crippen molar-refractivity contribution in [2.24, 2.45) is 0 Å². The minimum absolute atomic E-state index is 0.175. The lowest BCUT2D eigenvalue weighted by molar-refractivity contribution is 0.240. The fraction of sp³-hybridized carbons (Fsp3) is 0.357. The molecule has 0 saturated heterocycles. The summed E-state index contributed by atoms with van der Waals surface area (Å²) in [6.07, 6.45) is 2.41. The van der Waals surface area contributed by atoms with Crippen LogP contribution < -0.4 is 15.4 Å². The highest BCUT2D eigenvalue weighted by Crippen LogP contribution is 2.15. The maximum Gasteiger partial charge on any atom is 0.315 e. The predicted octanol–water partition coefficient (Wildman–Crippen LogP) is 2.25. The zero-order chi connectivity index (χ0) is 13.2. The van der Waals surface area contributed by atoms with Gasteiger partial charge in [-0.3, -0.25) is 0 Å². The molecule has 18 heavy (non-hydrogen) atoms. The van der Waals surface area contributed by atoms with Crippen molar-refractivity contribution >= 4 is 6.03 Å². The molecule has 0 aromatic heterocycles. The minimum atomic E-state index is -0.175. The Hall–Kier alpha value is -1.97. The second-order valence-electron chi connectivity index (χ2n) is 3.89. The highest BCUT2D eigenvalue weighted by atomic mass is 16.5. The quantitative estimate of drug-likeness (QED) is 0.574. The summed E-state index contributed by atoms with van der Waals surface area (Å²) in [7, 11) is 0. The molecule has 4 nitrogen and oxygen atoms in total. The lowest BCUT2D eigenvalue weighted by Crippen LogP contribution is -2.36. The Labute approximate surface area is 108 Å². The third-order valence-corrected chi connectivity index (χ3v) is 2.36. The lowest BCUT2D eigenvalue weighted by Gasteiger charge is -2.09. The summed E-state index contributed by atoms with van der Waals surface area (Å²) in [5, 5.41) is 5.38. The van der Waals surface area contributed by atoms with Gasteiger partial charge < -0.3 is 15.4 Å². The molecule has 0 radical (unpaired) electrons. The number of hydrogen-bond donors (Lipinski definition) is 2. The van der Waals surface area contributed by atoms with E-state index in [1.54, 1.807) is 6.08 Å². The second-order valence-corrected chi connectivity index (χ2v) is 3.89. The Morgan fingerprint density at radius 1 is 1.39 bits per heavy atom. The summed E-state index contributed by atoms with van der Waals surface area (Å²) in [6.45, 7) is 7.19. The molecule has 1 aromatic rings. The third kappa shape index (κ3) is 5.39. The summed E-state index contributed by atoms with van der Waals surface area (Å²) in [5.41, 5.74) is 1.12. The van der Waals surface area contributed by atoms with Crippen LogP contribution in [0.5, 0.6) is 5.75 Å². The molecule has 0 unspecified atom stereocenters. The molecule has 0 aliphatic heterocycles. The zero-order valence-corrected chi connectivity index (χ0v) is 10.7. The molecule has 0 heterocycles.